The van der Waals surface area contributed by atoms with E-state index in [4.69, 9.17) is 14.2 Å². The van der Waals surface area contributed by atoms with E-state index in [1.54, 1.807) is 7.11 Å². The SMILES string of the molecule is COc1ccc(CC(=O)N2CC3(CC(OCC4CCCC4)CCO3)C2)cc1. The molecule has 2 aliphatic heterocycles. The molecule has 1 amide bonds. The highest BCUT2D eigenvalue weighted by Crippen LogP contribution is 2.36. The average molecular weight is 373 g/mol. The predicted molar refractivity (Wildman–Crippen MR) is 103 cm³/mol. The Kier molecular flexibility index (Phi) is 5.69. The maximum absolute atomic E-state index is 12.6. The highest BCUT2D eigenvalue weighted by atomic mass is 16.5. The molecule has 0 bridgehead atoms. The Labute approximate surface area is 162 Å². The van der Waals surface area contributed by atoms with Crippen LogP contribution in [0.15, 0.2) is 24.3 Å². The number of nitrogens with zero attached hydrogens (tertiary/aromatic N) is 1. The van der Waals surface area contributed by atoms with Gasteiger partial charge in [0.25, 0.3) is 0 Å². The zero-order chi connectivity index (χ0) is 18.7. The maximum atomic E-state index is 12.6. The lowest BCUT2D eigenvalue weighted by molar-refractivity contribution is -0.202. The second-order valence-electron chi connectivity index (χ2n) is 8.40. The third-order valence-corrected chi connectivity index (χ3v) is 6.32. The minimum Gasteiger partial charge on any atom is -0.497 e. The summed E-state index contributed by atoms with van der Waals surface area (Å²) in [5.41, 5.74) is 0.845. The van der Waals surface area contributed by atoms with Crippen LogP contribution in [0.25, 0.3) is 0 Å². The van der Waals surface area contributed by atoms with Gasteiger partial charge < -0.3 is 19.1 Å². The highest BCUT2D eigenvalue weighted by molar-refractivity contribution is 5.80. The van der Waals surface area contributed by atoms with Gasteiger partial charge in [0.15, 0.2) is 0 Å². The number of likely N-dealkylation sites (tertiary alicyclic amines) is 1. The van der Waals surface area contributed by atoms with Crippen LogP contribution < -0.4 is 4.74 Å². The average Bonchev–Trinajstić information content (AvgIpc) is 3.19. The first-order chi connectivity index (χ1) is 13.2. The van der Waals surface area contributed by atoms with Crippen LogP contribution in [0, 0.1) is 5.92 Å². The van der Waals surface area contributed by atoms with E-state index >= 15 is 0 Å². The van der Waals surface area contributed by atoms with E-state index < -0.39 is 0 Å². The van der Waals surface area contributed by atoms with Crippen LogP contribution >= 0.6 is 0 Å². The number of carbonyl (C=O) groups excluding carboxylic acids is 1. The molecule has 2 saturated heterocycles. The molecule has 3 fully saturated rings. The van der Waals surface area contributed by atoms with Crippen molar-refractivity contribution in [3.63, 3.8) is 0 Å². The lowest BCUT2D eigenvalue weighted by atomic mass is 9.84. The predicted octanol–water partition coefficient (Wildman–Crippen LogP) is 3.20. The quantitative estimate of drug-likeness (QED) is 0.768. The third kappa shape index (κ3) is 4.46. The minimum atomic E-state index is -0.172. The van der Waals surface area contributed by atoms with Crippen molar-refractivity contribution in [1.82, 2.24) is 4.90 Å². The molecule has 0 radical (unpaired) electrons. The second-order valence-corrected chi connectivity index (χ2v) is 8.40. The molecule has 1 saturated carbocycles. The summed E-state index contributed by atoms with van der Waals surface area (Å²) in [6.07, 6.45) is 7.98. The summed E-state index contributed by atoms with van der Waals surface area (Å²) in [7, 11) is 1.65. The van der Waals surface area contributed by atoms with Crippen molar-refractivity contribution in [3.8, 4) is 5.75 Å². The van der Waals surface area contributed by atoms with Gasteiger partial charge in [-0.2, -0.15) is 0 Å². The number of amides is 1. The number of hydrogen-bond donors (Lipinski definition) is 0. The molecule has 3 aliphatic rings. The first kappa shape index (κ1) is 18.8. The Morgan fingerprint density at radius 2 is 1.93 bits per heavy atom. The highest BCUT2D eigenvalue weighted by Gasteiger charge is 2.49. The normalized spacial score (nSPS) is 24.8. The topological polar surface area (TPSA) is 48.0 Å². The van der Waals surface area contributed by atoms with Gasteiger partial charge in [-0.3, -0.25) is 4.79 Å². The van der Waals surface area contributed by atoms with E-state index in [1.807, 2.05) is 29.2 Å². The summed E-state index contributed by atoms with van der Waals surface area (Å²) in [5.74, 6) is 1.74. The van der Waals surface area contributed by atoms with Gasteiger partial charge in [-0.05, 0) is 42.9 Å². The monoisotopic (exact) mass is 373 g/mol. The standard InChI is InChI=1S/C22H31NO4/c1-25-19-8-6-17(7-9-19)12-21(24)23-15-22(16-23)13-20(10-11-27-22)26-14-18-4-2-3-5-18/h6-9,18,20H,2-5,10-16H2,1H3. The summed E-state index contributed by atoms with van der Waals surface area (Å²) < 4.78 is 17.5. The first-order valence-corrected chi connectivity index (χ1v) is 10.3. The molecule has 1 aromatic carbocycles. The molecule has 1 aliphatic carbocycles. The van der Waals surface area contributed by atoms with E-state index in [9.17, 15) is 4.79 Å². The zero-order valence-electron chi connectivity index (χ0n) is 16.3. The Morgan fingerprint density at radius 3 is 2.63 bits per heavy atom. The summed E-state index contributed by atoms with van der Waals surface area (Å²) >= 11 is 0. The van der Waals surface area contributed by atoms with Crippen LogP contribution in [0.1, 0.15) is 44.1 Å². The molecule has 4 rings (SSSR count). The van der Waals surface area contributed by atoms with Gasteiger partial charge in [-0.15, -0.1) is 0 Å². The maximum Gasteiger partial charge on any atom is 0.227 e. The molecule has 0 aromatic heterocycles. The van der Waals surface area contributed by atoms with E-state index in [-0.39, 0.29) is 17.6 Å². The number of benzene rings is 1. The van der Waals surface area contributed by atoms with E-state index in [1.165, 1.54) is 25.7 Å². The van der Waals surface area contributed by atoms with Crippen molar-refractivity contribution in [3.05, 3.63) is 29.8 Å². The Morgan fingerprint density at radius 1 is 1.19 bits per heavy atom. The molecule has 0 N–H and O–H groups in total. The van der Waals surface area contributed by atoms with Crippen LogP contribution in [0.5, 0.6) is 5.75 Å². The molecule has 148 valence electrons. The summed E-state index contributed by atoms with van der Waals surface area (Å²) in [5, 5.41) is 0. The number of rotatable bonds is 6. The molecular weight excluding hydrogens is 342 g/mol. The van der Waals surface area contributed by atoms with Gasteiger partial charge >= 0.3 is 0 Å². The fourth-order valence-corrected chi connectivity index (χ4v) is 4.65. The minimum absolute atomic E-state index is 0.170. The first-order valence-electron chi connectivity index (χ1n) is 10.3. The molecule has 1 aromatic rings. The van der Waals surface area contributed by atoms with Crippen LogP contribution in [-0.2, 0) is 20.7 Å². The van der Waals surface area contributed by atoms with Crippen molar-refractivity contribution in [2.75, 3.05) is 33.4 Å². The fourth-order valence-electron chi connectivity index (χ4n) is 4.65. The molecule has 5 heteroatoms. The van der Waals surface area contributed by atoms with Crippen LogP contribution in [0.2, 0.25) is 0 Å². The van der Waals surface area contributed by atoms with E-state index in [0.29, 0.717) is 19.5 Å². The van der Waals surface area contributed by atoms with E-state index in [2.05, 4.69) is 0 Å². The summed E-state index contributed by atoms with van der Waals surface area (Å²) in [4.78, 5) is 14.5. The number of ether oxygens (including phenoxy) is 3. The Balaban J connectivity index is 1.23. The number of carbonyl (C=O) groups is 1. The zero-order valence-corrected chi connectivity index (χ0v) is 16.3. The van der Waals surface area contributed by atoms with Gasteiger partial charge in [0, 0.05) is 19.6 Å². The van der Waals surface area contributed by atoms with E-state index in [0.717, 1.165) is 43.3 Å². The third-order valence-electron chi connectivity index (χ3n) is 6.32. The van der Waals surface area contributed by atoms with Crippen LogP contribution in [0.3, 0.4) is 0 Å². The van der Waals surface area contributed by atoms with Gasteiger partial charge in [0.1, 0.15) is 11.4 Å². The smallest absolute Gasteiger partial charge is 0.227 e. The van der Waals surface area contributed by atoms with Crippen molar-refractivity contribution >= 4 is 5.91 Å². The Hall–Kier alpha value is -1.59. The lowest BCUT2D eigenvalue weighted by Gasteiger charge is -2.53. The van der Waals surface area contributed by atoms with Crippen molar-refractivity contribution < 1.29 is 19.0 Å². The fraction of sp³-hybridized carbons (Fsp3) is 0.682. The van der Waals surface area contributed by atoms with Crippen LogP contribution in [0.4, 0.5) is 0 Å². The number of hydrogen-bond acceptors (Lipinski definition) is 4. The molecular formula is C22H31NO4. The van der Waals surface area contributed by atoms with Gasteiger partial charge in [0.05, 0.1) is 32.7 Å². The Bertz CT molecular complexity index is 632. The molecule has 2 heterocycles. The van der Waals surface area contributed by atoms with Crippen molar-refractivity contribution in [1.29, 1.82) is 0 Å². The summed E-state index contributed by atoms with van der Waals surface area (Å²) in [6.45, 7) is 3.05. The van der Waals surface area contributed by atoms with Crippen LogP contribution in [-0.4, -0.2) is 55.9 Å². The molecule has 1 atom stereocenters. The van der Waals surface area contributed by atoms with Gasteiger partial charge in [-0.25, -0.2) is 0 Å². The van der Waals surface area contributed by atoms with Crippen molar-refractivity contribution in [2.45, 2.75) is 56.7 Å². The second kappa shape index (κ2) is 8.19. The molecule has 5 nitrogen and oxygen atoms in total. The van der Waals surface area contributed by atoms with Gasteiger partial charge in [-0.1, -0.05) is 25.0 Å². The molecule has 27 heavy (non-hydrogen) atoms. The molecule has 1 spiro atoms. The molecule has 1 unspecified atom stereocenters. The van der Waals surface area contributed by atoms with Crippen molar-refractivity contribution in [2.24, 2.45) is 5.92 Å². The largest absolute Gasteiger partial charge is 0.497 e. The number of methoxy groups -OCH3 is 1. The lowest BCUT2D eigenvalue weighted by Crippen LogP contribution is -2.67. The summed E-state index contributed by atoms with van der Waals surface area (Å²) in [6, 6.07) is 7.71. The van der Waals surface area contributed by atoms with Gasteiger partial charge in [0.2, 0.25) is 5.91 Å².